The minimum atomic E-state index is -4.56. The highest BCUT2D eigenvalue weighted by Crippen LogP contribution is 2.35. The highest BCUT2D eigenvalue weighted by atomic mass is 19.4. The number of nitrogens with zero attached hydrogens (tertiary/aromatic N) is 1. The third kappa shape index (κ3) is 6.14. The van der Waals surface area contributed by atoms with E-state index in [1.54, 1.807) is 0 Å². The van der Waals surface area contributed by atoms with Gasteiger partial charge in [0.2, 0.25) is 0 Å². The fourth-order valence-corrected chi connectivity index (χ4v) is 4.40. The number of halogens is 4. The van der Waals surface area contributed by atoms with Crippen molar-refractivity contribution in [1.29, 1.82) is 0 Å². The number of benzene rings is 3. The van der Waals surface area contributed by atoms with Crippen LogP contribution in [0.15, 0.2) is 78.9 Å². The monoisotopic (exact) mass is 457 g/mol. The maximum Gasteiger partial charge on any atom is 0.416 e. The lowest BCUT2D eigenvalue weighted by atomic mass is 9.89. The molecule has 0 spiro atoms. The van der Waals surface area contributed by atoms with Crippen LogP contribution in [0.1, 0.15) is 48.0 Å². The average Bonchev–Trinajstić information content (AvgIpc) is 2.83. The Morgan fingerprint density at radius 3 is 2.15 bits per heavy atom. The third-order valence-corrected chi connectivity index (χ3v) is 6.27. The maximum atomic E-state index is 14.3. The number of alkyl halides is 3. The molecule has 1 aliphatic heterocycles. The molecule has 33 heavy (non-hydrogen) atoms. The Balaban J connectivity index is 1.43. The van der Waals surface area contributed by atoms with Gasteiger partial charge < -0.3 is 9.64 Å². The van der Waals surface area contributed by atoms with Gasteiger partial charge in [0.15, 0.2) is 11.6 Å². The van der Waals surface area contributed by atoms with E-state index in [1.807, 2.05) is 36.4 Å². The Kier molecular flexibility index (Phi) is 7.33. The Morgan fingerprint density at radius 2 is 1.52 bits per heavy atom. The lowest BCUT2D eigenvalue weighted by Gasteiger charge is -2.33. The minimum Gasteiger partial charge on any atom is -0.483 e. The van der Waals surface area contributed by atoms with E-state index >= 15 is 0 Å². The summed E-state index contributed by atoms with van der Waals surface area (Å²) in [6.45, 7) is 2.61. The van der Waals surface area contributed by atoms with Crippen molar-refractivity contribution in [2.45, 2.75) is 37.5 Å². The van der Waals surface area contributed by atoms with Crippen molar-refractivity contribution in [3.63, 3.8) is 0 Å². The van der Waals surface area contributed by atoms with Gasteiger partial charge in [-0.3, -0.25) is 0 Å². The molecule has 1 fully saturated rings. The molecule has 0 unspecified atom stereocenters. The normalized spacial score (nSPS) is 16.5. The largest absolute Gasteiger partial charge is 0.483 e. The van der Waals surface area contributed by atoms with Crippen LogP contribution in [-0.2, 0) is 6.18 Å². The molecule has 0 amide bonds. The zero-order valence-electron chi connectivity index (χ0n) is 18.3. The van der Waals surface area contributed by atoms with E-state index < -0.39 is 23.7 Å². The molecule has 1 atom stereocenters. The van der Waals surface area contributed by atoms with Gasteiger partial charge in [-0.2, -0.15) is 13.2 Å². The van der Waals surface area contributed by atoms with Crippen molar-refractivity contribution in [1.82, 2.24) is 4.90 Å². The second kappa shape index (κ2) is 10.4. The molecule has 3 aromatic carbocycles. The molecule has 0 N–H and O–H groups in total. The summed E-state index contributed by atoms with van der Waals surface area (Å²) in [5.74, 6) is -0.628. The predicted octanol–water partition coefficient (Wildman–Crippen LogP) is 7.23. The van der Waals surface area contributed by atoms with Gasteiger partial charge in [0.1, 0.15) is 6.10 Å². The maximum absolute atomic E-state index is 14.3. The zero-order chi connectivity index (χ0) is 23.3. The van der Waals surface area contributed by atoms with Crippen molar-refractivity contribution in [2.75, 3.05) is 19.6 Å². The third-order valence-electron chi connectivity index (χ3n) is 6.27. The lowest BCUT2D eigenvalue weighted by molar-refractivity contribution is -0.137. The van der Waals surface area contributed by atoms with E-state index in [1.165, 1.54) is 5.56 Å². The van der Waals surface area contributed by atoms with Crippen LogP contribution in [0.25, 0.3) is 0 Å². The molecule has 6 heteroatoms. The molecule has 4 rings (SSSR count). The van der Waals surface area contributed by atoms with E-state index in [2.05, 4.69) is 29.2 Å². The molecule has 2 nitrogen and oxygen atoms in total. The van der Waals surface area contributed by atoms with E-state index in [0.29, 0.717) is 12.3 Å². The second-order valence-electron chi connectivity index (χ2n) is 8.48. The van der Waals surface area contributed by atoms with E-state index in [9.17, 15) is 17.6 Å². The van der Waals surface area contributed by atoms with Crippen LogP contribution in [0.3, 0.4) is 0 Å². The molecular weight excluding hydrogens is 430 g/mol. The predicted molar refractivity (Wildman–Crippen MR) is 121 cm³/mol. The standard InChI is InChI=1S/C27H27F4NO/c28-24-12-11-23(27(29,30)31)19-26(24)33-25(22-9-5-2-6-10-22)15-18-32-16-13-21(14-17-32)20-7-3-1-4-8-20/h1-12,19,21,25H,13-18H2/t25-/m0/s1. The summed E-state index contributed by atoms with van der Waals surface area (Å²) in [6, 6.07) is 22.1. The Labute approximate surface area is 191 Å². The summed E-state index contributed by atoms with van der Waals surface area (Å²) in [4.78, 5) is 2.35. The molecular formula is C27H27F4NO. The molecule has 1 saturated heterocycles. The van der Waals surface area contributed by atoms with Gasteiger partial charge >= 0.3 is 6.18 Å². The molecule has 1 aliphatic rings. The van der Waals surface area contributed by atoms with Crippen LogP contribution in [-0.4, -0.2) is 24.5 Å². The lowest BCUT2D eigenvalue weighted by Crippen LogP contribution is -2.34. The first-order chi connectivity index (χ1) is 15.9. The molecule has 0 aliphatic carbocycles. The topological polar surface area (TPSA) is 12.5 Å². The number of rotatable bonds is 7. The highest BCUT2D eigenvalue weighted by Gasteiger charge is 2.32. The van der Waals surface area contributed by atoms with Crippen LogP contribution >= 0.6 is 0 Å². The first-order valence-electron chi connectivity index (χ1n) is 11.3. The summed E-state index contributed by atoms with van der Waals surface area (Å²) >= 11 is 0. The quantitative estimate of drug-likeness (QED) is 0.347. The number of hydrogen-bond acceptors (Lipinski definition) is 2. The number of hydrogen-bond donors (Lipinski definition) is 0. The Hall–Kier alpha value is -2.86. The van der Waals surface area contributed by atoms with Crippen molar-refractivity contribution in [3.8, 4) is 5.75 Å². The van der Waals surface area contributed by atoms with Gasteiger partial charge in [0.25, 0.3) is 0 Å². The Bertz CT molecular complexity index is 1020. The molecule has 0 aromatic heterocycles. The van der Waals surface area contributed by atoms with E-state index in [0.717, 1.165) is 56.2 Å². The summed E-state index contributed by atoms with van der Waals surface area (Å²) in [6.07, 6.45) is -2.44. The van der Waals surface area contributed by atoms with Crippen molar-refractivity contribution >= 4 is 0 Å². The van der Waals surface area contributed by atoms with Crippen molar-refractivity contribution in [2.24, 2.45) is 0 Å². The summed E-state index contributed by atoms with van der Waals surface area (Å²) in [5, 5.41) is 0. The van der Waals surface area contributed by atoms with Gasteiger partial charge in [-0.1, -0.05) is 60.7 Å². The summed E-state index contributed by atoms with van der Waals surface area (Å²) in [5.41, 5.74) is 1.25. The van der Waals surface area contributed by atoms with E-state index in [-0.39, 0.29) is 5.75 Å². The molecule has 0 saturated carbocycles. The number of piperidine rings is 1. The van der Waals surface area contributed by atoms with Crippen LogP contribution in [0.2, 0.25) is 0 Å². The van der Waals surface area contributed by atoms with Gasteiger partial charge in [-0.05, 0) is 61.2 Å². The molecule has 0 radical (unpaired) electrons. The van der Waals surface area contributed by atoms with Crippen LogP contribution in [0, 0.1) is 5.82 Å². The first-order valence-corrected chi connectivity index (χ1v) is 11.3. The fourth-order valence-electron chi connectivity index (χ4n) is 4.40. The van der Waals surface area contributed by atoms with Crippen molar-refractivity contribution < 1.29 is 22.3 Å². The molecule has 3 aromatic rings. The van der Waals surface area contributed by atoms with Crippen LogP contribution < -0.4 is 4.74 Å². The SMILES string of the molecule is Fc1ccc(C(F)(F)F)cc1O[C@@H](CCN1CCC(c2ccccc2)CC1)c1ccccc1. The Morgan fingerprint density at radius 1 is 0.879 bits per heavy atom. The van der Waals surface area contributed by atoms with Gasteiger partial charge in [-0.25, -0.2) is 4.39 Å². The van der Waals surface area contributed by atoms with Crippen molar-refractivity contribution in [3.05, 3.63) is 101 Å². The van der Waals surface area contributed by atoms with Crippen LogP contribution in [0.4, 0.5) is 17.6 Å². The number of ether oxygens (including phenoxy) is 1. The second-order valence-corrected chi connectivity index (χ2v) is 8.48. The zero-order valence-corrected chi connectivity index (χ0v) is 18.3. The van der Waals surface area contributed by atoms with Gasteiger partial charge in [0, 0.05) is 13.0 Å². The summed E-state index contributed by atoms with van der Waals surface area (Å²) < 4.78 is 59.5. The van der Waals surface area contributed by atoms with Gasteiger partial charge in [-0.15, -0.1) is 0 Å². The highest BCUT2D eigenvalue weighted by molar-refractivity contribution is 5.33. The van der Waals surface area contributed by atoms with Gasteiger partial charge in [0.05, 0.1) is 5.56 Å². The smallest absolute Gasteiger partial charge is 0.416 e. The average molecular weight is 458 g/mol. The fraction of sp³-hybridized carbons (Fsp3) is 0.333. The molecule has 1 heterocycles. The molecule has 174 valence electrons. The minimum absolute atomic E-state index is 0.374. The molecule has 0 bridgehead atoms. The number of likely N-dealkylation sites (tertiary alicyclic amines) is 1. The van der Waals surface area contributed by atoms with E-state index in [4.69, 9.17) is 4.74 Å². The van der Waals surface area contributed by atoms with Crippen LogP contribution in [0.5, 0.6) is 5.75 Å². The first kappa shape index (κ1) is 23.3. The summed E-state index contributed by atoms with van der Waals surface area (Å²) in [7, 11) is 0.